The number of anilines is 2. The summed E-state index contributed by atoms with van der Waals surface area (Å²) in [6, 6.07) is 16.8. The Morgan fingerprint density at radius 3 is 2.02 bits per heavy atom. The van der Waals surface area contributed by atoms with Gasteiger partial charge in [-0.2, -0.15) is 5.26 Å². The normalized spacial score (nSPS) is 13.2. The van der Waals surface area contributed by atoms with E-state index in [0.29, 0.717) is 50.2 Å². The van der Waals surface area contributed by atoms with Crippen LogP contribution in [-0.4, -0.2) is 19.0 Å². The summed E-state index contributed by atoms with van der Waals surface area (Å²) in [5.74, 6) is 1.09. The first kappa shape index (κ1) is 42.0. The van der Waals surface area contributed by atoms with Gasteiger partial charge in [0.2, 0.25) is 5.91 Å². The Morgan fingerprint density at radius 2 is 1.46 bits per heavy atom. The molecule has 10 heteroatoms. The van der Waals surface area contributed by atoms with Crippen LogP contribution in [0, 0.1) is 35.7 Å². The number of hydrogen-bond donors (Lipinski definition) is 1. The maximum absolute atomic E-state index is 13.7. The number of nitrogens with zero attached hydrogens (tertiary/aromatic N) is 7. The monoisotopic (exact) mass is 722 g/mol. The fourth-order valence-corrected chi connectivity index (χ4v) is 6.98. The molecule has 0 aliphatic carbocycles. The molecule has 0 bridgehead atoms. The van der Waals surface area contributed by atoms with Gasteiger partial charge in [0.15, 0.2) is 10.7 Å². The van der Waals surface area contributed by atoms with Gasteiger partial charge >= 0.3 is 0 Å². The maximum Gasteiger partial charge on any atom is 0.227 e. The summed E-state index contributed by atoms with van der Waals surface area (Å²) in [6.07, 6.45) is 13.2. The summed E-state index contributed by atoms with van der Waals surface area (Å²) in [6.45, 7) is 22.4. The van der Waals surface area contributed by atoms with Crippen LogP contribution in [0.1, 0.15) is 124 Å². The average molecular weight is 723 g/mol. The van der Waals surface area contributed by atoms with Crippen LogP contribution in [0.5, 0.6) is 0 Å². The van der Waals surface area contributed by atoms with Crippen molar-refractivity contribution < 1.29 is 4.79 Å². The van der Waals surface area contributed by atoms with Gasteiger partial charge < -0.3 is 10.2 Å². The number of hydrogen-bond acceptors (Lipinski definition) is 8. The summed E-state index contributed by atoms with van der Waals surface area (Å²) in [5.41, 5.74) is 3.74. The SMILES string of the molecule is [C-]#[N+]c1ccc(N=Nc2cc(C#N)c(N=Nc3ccc(N(CC(CC)CCCC)CC(CC)CCCC)cc3NC(=O)C(CC)CCCC)s2)cc1. The highest BCUT2D eigenvalue weighted by atomic mass is 32.1. The molecule has 0 saturated heterocycles. The van der Waals surface area contributed by atoms with Gasteiger partial charge in [-0.25, -0.2) is 4.85 Å². The van der Waals surface area contributed by atoms with Gasteiger partial charge in [-0.15, -0.1) is 20.5 Å². The van der Waals surface area contributed by atoms with Crippen LogP contribution in [0.3, 0.4) is 0 Å². The fourth-order valence-electron chi connectivity index (χ4n) is 6.23. The summed E-state index contributed by atoms with van der Waals surface area (Å²) >= 11 is 1.22. The smallest absolute Gasteiger partial charge is 0.227 e. The van der Waals surface area contributed by atoms with E-state index in [2.05, 4.69) is 95.3 Å². The largest absolute Gasteiger partial charge is 0.371 e. The Morgan fingerprint density at radius 1 is 0.827 bits per heavy atom. The van der Waals surface area contributed by atoms with E-state index in [9.17, 15) is 10.1 Å². The molecule has 0 fully saturated rings. The molecule has 9 nitrogen and oxygen atoms in total. The lowest BCUT2D eigenvalue weighted by Crippen LogP contribution is -2.34. The number of nitrogens with one attached hydrogen (secondary N) is 1. The first-order valence-corrected chi connectivity index (χ1v) is 20.2. The fraction of sp³-hybridized carbons (Fsp3) is 0.548. The number of nitriles is 1. The van der Waals surface area contributed by atoms with Crippen molar-refractivity contribution >= 4 is 55.7 Å². The van der Waals surface area contributed by atoms with Crippen molar-refractivity contribution in [1.29, 1.82) is 5.26 Å². The molecular formula is C42H58N8OS. The van der Waals surface area contributed by atoms with E-state index in [-0.39, 0.29) is 11.8 Å². The first-order chi connectivity index (χ1) is 25.3. The van der Waals surface area contributed by atoms with Gasteiger partial charge in [0.05, 0.1) is 23.5 Å². The van der Waals surface area contributed by atoms with Gasteiger partial charge in [-0.1, -0.05) is 116 Å². The molecule has 2 aromatic carbocycles. The van der Waals surface area contributed by atoms with Crippen molar-refractivity contribution in [3.05, 3.63) is 65.5 Å². The van der Waals surface area contributed by atoms with E-state index in [0.717, 1.165) is 57.3 Å². The van der Waals surface area contributed by atoms with E-state index in [1.54, 1.807) is 30.3 Å². The summed E-state index contributed by atoms with van der Waals surface area (Å²) < 4.78 is 0. The third-order valence-corrected chi connectivity index (χ3v) is 10.6. The molecule has 3 aromatic rings. The molecule has 0 radical (unpaired) electrons. The highest BCUT2D eigenvalue weighted by molar-refractivity contribution is 7.19. The minimum atomic E-state index is -0.0884. The van der Waals surface area contributed by atoms with Crippen molar-refractivity contribution in [3.8, 4) is 6.07 Å². The second kappa shape index (κ2) is 23.2. The topological polar surface area (TPSA) is 110 Å². The minimum Gasteiger partial charge on any atom is -0.371 e. The van der Waals surface area contributed by atoms with Crippen molar-refractivity contribution in [1.82, 2.24) is 0 Å². The Labute approximate surface area is 316 Å². The average Bonchev–Trinajstić information content (AvgIpc) is 3.58. The summed E-state index contributed by atoms with van der Waals surface area (Å²) in [4.78, 5) is 19.6. The molecule has 1 N–H and O–H groups in total. The van der Waals surface area contributed by atoms with E-state index in [1.807, 2.05) is 6.07 Å². The van der Waals surface area contributed by atoms with Gasteiger partial charge in [-0.05, 0) is 73.9 Å². The standard InChI is InChI=1S/C42H58N8OS/c1-8-14-17-31(11-4)29-50(30-32(12-5)18-15-9-2)37-24-25-38(39(27-37)45-41(51)33(13-6)19-16-10-3)47-49-42-34(28-43)26-40(52-42)48-46-36-22-20-35(44-7)21-23-36/h20-27,31-33H,8-19,29-30H2,1-6H3,(H,45,51). The second-order valence-electron chi connectivity index (χ2n) is 13.6. The van der Waals surface area contributed by atoms with E-state index in [1.165, 1.54) is 49.9 Å². The number of amides is 1. The molecule has 0 spiro atoms. The van der Waals surface area contributed by atoms with Crippen LogP contribution in [0.4, 0.5) is 38.4 Å². The quantitative estimate of drug-likeness (QED) is 0.0777. The van der Waals surface area contributed by atoms with Gasteiger partial charge in [-0.3, -0.25) is 4.79 Å². The van der Waals surface area contributed by atoms with Crippen LogP contribution in [0.2, 0.25) is 0 Å². The zero-order chi connectivity index (χ0) is 37.7. The number of benzene rings is 2. The summed E-state index contributed by atoms with van der Waals surface area (Å²) in [5, 5.41) is 31.8. The molecule has 3 atom stereocenters. The number of thiophene rings is 1. The highest BCUT2D eigenvalue weighted by Crippen LogP contribution is 2.40. The van der Waals surface area contributed by atoms with Crippen LogP contribution < -0.4 is 10.2 Å². The van der Waals surface area contributed by atoms with Crippen molar-refractivity contribution in [2.45, 2.75) is 119 Å². The molecule has 1 aromatic heterocycles. The van der Waals surface area contributed by atoms with E-state index >= 15 is 0 Å². The molecule has 1 heterocycles. The Balaban J connectivity index is 2.02. The molecule has 1 amide bonds. The molecule has 3 rings (SSSR count). The van der Waals surface area contributed by atoms with Crippen molar-refractivity contribution in [2.24, 2.45) is 38.2 Å². The third kappa shape index (κ3) is 13.3. The molecule has 3 unspecified atom stereocenters. The Kier molecular flexibility index (Phi) is 18.8. The molecular weight excluding hydrogens is 665 g/mol. The molecule has 278 valence electrons. The van der Waals surface area contributed by atoms with Crippen LogP contribution in [0.25, 0.3) is 4.85 Å². The predicted molar refractivity (Wildman–Crippen MR) is 217 cm³/mol. The Hall–Kier alpha value is -4.41. The first-order valence-electron chi connectivity index (χ1n) is 19.4. The molecule has 52 heavy (non-hydrogen) atoms. The minimum absolute atomic E-state index is 0.000765. The van der Waals surface area contributed by atoms with Crippen LogP contribution in [-0.2, 0) is 4.79 Å². The van der Waals surface area contributed by atoms with Crippen molar-refractivity contribution in [3.63, 3.8) is 0 Å². The zero-order valence-corrected chi connectivity index (χ0v) is 33.0. The number of azo groups is 2. The molecule has 0 aliphatic rings. The number of carbonyl (C=O) groups is 1. The highest BCUT2D eigenvalue weighted by Gasteiger charge is 2.21. The predicted octanol–water partition coefficient (Wildman–Crippen LogP) is 14.4. The lowest BCUT2D eigenvalue weighted by Gasteiger charge is -2.33. The Bertz CT molecular complexity index is 1650. The number of carbonyl (C=O) groups excluding carboxylic acids is 1. The van der Waals surface area contributed by atoms with Gasteiger partial charge in [0.1, 0.15) is 16.8 Å². The lowest BCUT2D eigenvalue weighted by molar-refractivity contribution is -0.120. The summed E-state index contributed by atoms with van der Waals surface area (Å²) in [7, 11) is 0. The van der Waals surface area contributed by atoms with Gasteiger partial charge in [0.25, 0.3) is 0 Å². The molecule has 0 aliphatic heterocycles. The lowest BCUT2D eigenvalue weighted by atomic mass is 9.95. The second-order valence-corrected chi connectivity index (χ2v) is 14.6. The molecule has 0 saturated carbocycles. The zero-order valence-electron chi connectivity index (χ0n) is 32.2. The van der Waals surface area contributed by atoms with E-state index in [4.69, 9.17) is 6.57 Å². The van der Waals surface area contributed by atoms with Crippen LogP contribution in [0.15, 0.2) is 69.0 Å². The number of rotatable bonds is 23. The third-order valence-electron chi connectivity index (χ3n) is 9.73. The maximum atomic E-state index is 13.7. The van der Waals surface area contributed by atoms with E-state index < -0.39 is 0 Å². The number of unbranched alkanes of at least 4 members (excludes halogenated alkanes) is 3. The van der Waals surface area contributed by atoms with Crippen molar-refractivity contribution in [2.75, 3.05) is 23.3 Å². The van der Waals surface area contributed by atoms with Gasteiger partial charge in [0, 0.05) is 24.7 Å². The van der Waals surface area contributed by atoms with Crippen LogP contribution >= 0.6 is 11.3 Å².